The van der Waals surface area contributed by atoms with Crippen LogP contribution in [0.2, 0.25) is 0 Å². The summed E-state index contributed by atoms with van der Waals surface area (Å²) in [6.07, 6.45) is 0. The first-order valence-electron chi connectivity index (χ1n) is 4.84. The van der Waals surface area contributed by atoms with Crippen molar-refractivity contribution in [3.05, 3.63) is 24.3 Å². The summed E-state index contributed by atoms with van der Waals surface area (Å²) >= 11 is 5.72. The van der Waals surface area contributed by atoms with Crippen molar-refractivity contribution in [3.8, 4) is 0 Å². The molecule has 1 atom stereocenters. The lowest BCUT2D eigenvalue weighted by molar-refractivity contribution is 0.234. The maximum Gasteiger partial charge on any atom is 0.341 e. The number of nitrogens with one attached hydrogen (secondary N) is 1. The van der Waals surface area contributed by atoms with E-state index in [9.17, 15) is 17.2 Å². The predicted molar refractivity (Wildman–Crippen MR) is 63.4 cm³/mol. The van der Waals surface area contributed by atoms with E-state index >= 15 is 0 Å². The molecule has 0 aliphatic rings. The molecule has 1 aromatic rings. The molecule has 0 aliphatic heterocycles. The summed E-state index contributed by atoms with van der Waals surface area (Å²) in [6, 6.07) is 5.13. The standard InChI is InChI=1S/C10H12ClF2NO2S/c1-7(11)6-14-8-2-4-9(5-3-8)17(15,16)10(12)13/h2-5,7,10,14H,6H2,1H3. The van der Waals surface area contributed by atoms with Crippen LogP contribution in [0.25, 0.3) is 0 Å². The smallest absolute Gasteiger partial charge is 0.341 e. The molecule has 0 saturated carbocycles. The van der Waals surface area contributed by atoms with Crippen LogP contribution < -0.4 is 5.32 Å². The van der Waals surface area contributed by atoms with Gasteiger partial charge < -0.3 is 5.32 Å². The Labute approximate surface area is 104 Å². The van der Waals surface area contributed by atoms with Crippen LogP contribution >= 0.6 is 11.6 Å². The van der Waals surface area contributed by atoms with Crippen LogP contribution in [-0.4, -0.2) is 26.1 Å². The third-order valence-corrected chi connectivity index (χ3v) is 3.56. The summed E-state index contributed by atoms with van der Waals surface area (Å²) in [5.74, 6) is -3.40. The van der Waals surface area contributed by atoms with E-state index in [1.807, 2.05) is 0 Å². The number of hydrogen-bond donors (Lipinski definition) is 1. The van der Waals surface area contributed by atoms with Crippen molar-refractivity contribution in [2.75, 3.05) is 11.9 Å². The molecule has 0 spiro atoms. The molecule has 0 saturated heterocycles. The van der Waals surface area contributed by atoms with Gasteiger partial charge in [-0.1, -0.05) is 0 Å². The molecular formula is C10H12ClF2NO2S. The quantitative estimate of drug-likeness (QED) is 0.845. The third-order valence-electron chi connectivity index (χ3n) is 2.00. The summed E-state index contributed by atoms with van der Waals surface area (Å²) in [5, 5.41) is 2.85. The summed E-state index contributed by atoms with van der Waals surface area (Å²) < 4.78 is 46.7. The molecule has 7 heteroatoms. The molecule has 0 radical (unpaired) electrons. The zero-order chi connectivity index (χ0) is 13.1. The van der Waals surface area contributed by atoms with E-state index in [1.54, 1.807) is 6.92 Å². The Bertz CT molecular complexity index is 460. The second kappa shape index (κ2) is 5.64. The zero-order valence-electron chi connectivity index (χ0n) is 9.03. The number of anilines is 1. The van der Waals surface area contributed by atoms with Gasteiger partial charge in [-0.05, 0) is 31.2 Å². The van der Waals surface area contributed by atoms with E-state index in [-0.39, 0.29) is 5.38 Å². The molecule has 1 unspecified atom stereocenters. The van der Waals surface area contributed by atoms with Crippen LogP contribution in [-0.2, 0) is 9.84 Å². The normalized spacial score (nSPS) is 13.7. The van der Waals surface area contributed by atoms with Gasteiger partial charge in [-0.15, -0.1) is 11.6 Å². The summed E-state index contributed by atoms with van der Waals surface area (Å²) in [7, 11) is -4.51. The minimum Gasteiger partial charge on any atom is -0.384 e. The minimum atomic E-state index is -4.51. The van der Waals surface area contributed by atoms with Gasteiger partial charge in [0.05, 0.1) is 4.90 Å². The molecular weight excluding hydrogens is 272 g/mol. The van der Waals surface area contributed by atoms with Gasteiger partial charge in [-0.2, -0.15) is 8.78 Å². The number of halogens is 3. The highest BCUT2D eigenvalue weighted by atomic mass is 35.5. The zero-order valence-corrected chi connectivity index (χ0v) is 10.6. The fourth-order valence-corrected chi connectivity index (χ4v) is 1.92. The van der Waals surface area contributed by atoms with Gasteiger partial charge in [0.15, 0.2) is 0 Å². The van der Waals surface area contributed by atoms with E-state index in [2.05, 4.69) is 5.32 Å². The van der Waals surface area contributed by atoms with E-state index < -0.39 is 20.5 Å². The minimum absolute atomic E-state index is 0.0838. The first-order valence-corrected chi connectivity index (χ1v) is 6.82. The summed E-state index contributed by atoms with van der Waals surface area (Å²) in [4.78, 5) is -0.392. The lowest BCUT2D eigenvalue weighted by Gasteiger charge is -2.08. The molecule has 1 aromatic carbocycles. The molecule has 1 rings (SSSR count). The van der Waals surface area contributed by atoms with Gasteiger partial charge in [0, 0.05) is 17.6 Å². The van der Waals surface area contributed by atoms with Crippen molar-refractivity contribution in [1.82, 2.24) is 0 Å². The van der Waals surface area contributed by atoms with Crippen LogP contribution in [0.5, 0.6) is 0 Å². The Hall–Kier alpha value is -0.880. The number of sulfone groups is 1. The van der Waals surface area contributed by atoms with Crippen LogP contribution in [0.4, 0.5) is 14.5 Å². The molecule has 0 fully saturated rings. The van der Waals surface area contributed by atoms with E-state index in [0.717, 1.165) is 12.1 Å². The SMILES string of the molecule is CC(Cl)CNc1ccc(S(=O)(=O)C(F)F)cc1. The molecule has 0 aliphatic carbocycles. The van der Waals surface area contributed by atoms with Gasteiger partial charge in [-0.25, -0.2) is 8.42 Å². The van der Waals surface area contributed by atoms with Crippen molar-refractivity contribution < 1.29 is 17.2 Å². The van der Waals surface area contributed by atoms with E-state index in [4.69, 9.17) is 11.6 Å². The lowest BCUT2D eigenvalue weighted by atomic mass is 10.3. The van der Waals surface area contributed by atoms with Crippen molar-refractivity contribution >= 4 is 27.1 Å². The molecule has 0 bridgehead atoms. The highest BCUT2D eigenvalue weighted by molar-refractivity contribution is 7.91. The van der Waals surface area contributed by atoms with Crippen LogP contribution in [0.3, 0.4) is 0 Å². The Kier molecular flexibility index (Phi) is 4.70. The van der Waals surface area contributed by atoms with Gasteiger partial charge in [-0.3, -0.25) is 0 Å². The Morgan fingerprint density at radius 3 is 2.24 bits per heavy atom. The first kappa shape index (κ1) is 14.2. The molecule has 0 heterocycles. The fraction of sp³-hybridized carbons (Fsp3) is 0.400. The number of rotatable bonds is 5. The van der Waals surface area contributed by atoms with Crippen LogP contribution in [0, 0.1) is 0 Å². The number of alkyl halides is 3. The number of benzene rings is 1. The maximum atomic E-state index is 12.2. The van der Waals surface area contributed by atoms with Crippen LogP contribution in [0.15, 0.2) is 29.2 Å². The average molecular weight is 284 g/mol. The second-order valence-electron chi connectivity index (χ2n) is 3.49. The molecule has 96 valence electrons. The van der Waals surface area contributed by atoms with Crippen molar-refractivity contribution in [2.24, 2.45) is 0 Å². The highest BCUT2D eigenvalue weighted by Gasteiger charge is 2.26. The van der Waals surface area contributed by atoms with Gasteiger partial charge in [0.2, 0.25) is 9.84 Å². The van der Waals surface area contributed by atoms with E-state index in [1.165, 1.54) is 12.1 Å². The highest BCUT2D eigenvalue weighted by Crippen LogP contribution is 2.20. The molecule has 0 amide bonds. The van der Waals surface area contributed by atoms with Gasteiger partial charge in [0.25, 0.3) is 0 Å². The van der Waals surface area contributed by atoms with Crippen molar-refractivity contribution in [1.29, 1.82) is 0 Å². The van der Waals surface area contributed by atoms with Crippen LogP contribution in [0.1, 0.15) is 6.92 Å². The fourth-order valence-electron chi connectivity index (χ4n) is 1.12. The molecule has 17 heavy (non-hydrogen) atoms. The largest absolute Gasteiger partial charge is 0.384 e. The monoisotopic (exact) mass is 283 g/mol. The third kappa shape index (κ3) is 3.81. The lowest BCUT2D eigenvalue weighted by Crippen LogP contribution is -2.12. The van der Waals surface area contributed by atoms with E-state index in [0.29, 0.717) is 12.2 Å². The average Bonchev–Trinajstić information content (AvgIpc) is 2.26. The second-order valence-corrected chi connectivity index (χ2v) is 6.15. The van der Waals surface area contributed by atoms with Crippen molar-refractivity contribution in [3.63, 3.8) is 0 Å². The molecule has 1 N–H and O–H groups in total. The van der Waals surface area contributed by atoms with Gasteiger partial charge in [0.1, 0.15) is 0 Å². The maximum absolute atomic E-state index is 12.2. The number of hydrogen-bond acceptors (Lipinski definition) is 3. The molecule has 3 nitrogen and oxygen atoms in total. The Morgan fingerprint density at radius 1 is 1.29 bits per heavy atom. The van der Waals surface area contributed by atoms with Crippen molar-refractivity contribution in [2.45, 2.75) is 23.0 Å². The van der Waals surface area contributed by atoms with Gasteiger partial charge >= 0.3 is 5.76 Å². The summed E-state index contributed by atoms with van der Waals surface area (Å²) in [6.45, 7) is 2.30. The topological polar surface area (TPSA) is 46.2 Å². The molecule has 0 aromatic heterocycles. The predicted octanol–water partition coefficient (Wildman–Crippen LogP) is 2.72. The Balaban J connectivity index is 2.82. The first-order chi connectivity index (χ1) is 7.84. The summed E-state index contributed by atoms with van der Waals surface area (Å²) in [5.41, 5.74) is 0.630. The Morgan fingerprint density at radius 2 is 1.82 bits per heavy atom.